The summed E-state index contributed by atoms with van der Waals surface area (Å²) >= 11 is 0. The highest BCUT2D eigenvalue weighted by atomic mass is 16.5. The Morgan fingerprint density at radius 3 is 2.43 bits per heavy atom. The summed E-state index contributed by atoms with van der Waals surface area (Å²) in [5, 5.41) is 25.2. The minimum Gasteiger partial charge on any atom is -0.506 e. The lowest BCUT2D eigenvalue weighted by atomic mass is 9.95. The van der Waals surface area contributed by atoms with Crippen LogP contribution in [0.4, 0.5) is 0 Å². The molecule has 6 nitrogen and oxygen atoms in total. The summed E-state index contributed by atoms with van der Waals surface area (Å²) < 4.78 is 5.54. The van der Waals surface area contributed by atoms with Crippen molar-refractivity contribution in [1.82, 2.24) is 10.3 Å². The molecule has 6 heteroatoms. The Morgan fingerprint density at radius 1 is 1.13 bits per heavy atom. The van der Waals surface area contributed by atoms with Gasteiger partial charge in [0.15, 0.2) is 0 Å². The number of hydrogen-bond donors (Lipinski definition) is 4. The zero-order chi connectivity index (χ0) is 21.5. The molecular weight excluding hydrogens is 380 g/mol. The van der Waals surface area contributed by atoms with Crippen LogP contribution in [-0.4, -0.2) is 41.0 Å². The predicted octanol–water partition coefficient (Wildman–Crippen LogP) is 2.66. The van der Waals surface area contributed by atoms with Crippen LogP contribution in [0, 0.1) is 13.8 Å². The van der Waals surface area contributed by atoms with E-state index in [0.717, 1.165) is 12.8 Å². The number of benzene rings is 2. The average Bonchev–Trinajstić information content (AvgIpc) is 3.04. The summed E-state index contributed by atoms with van der Waals surface area (Å²) in [7, 11) is 1.70. The highest BCUT2D eigenvalue weighted by Gasteiger charge is 2.37. The van der Waals surface area contributed by atoms with E-state index < -0.39 is 6.10 Å². The molecule has 2 aromatic carbocycles. The maximum Gasteiger partial charge on any atom is 0.248 e. The van der Waals surface area contributed by atoms with Crippen LogP contribution < -0.4 is 10.9 Å². The summed E-state index contributed by atoms with van der Waals surface area (Å²) in [6, 6.07) is 10.7. The quantitative estimate of drug-likeness (QED) is 0.503. The fraction of sp³-hybridized carbons (Fsp3) is 0.375. The van der Waals surface area contributed by atoms with E-state index in [1.165, 1.54) is 34.4 Å². The van der Waals surface area contributed by atoms with Crippen LogP contribution in [0.15, 0.2) is 41.2 Å². The lowest BCUT2D eigenvalue weighted by molar-refractivity contribution is 0.0949. The highest BCUT2D eigenvalue weighted by molar-refractivity contribution is 5.87. The summed E-state index contributed by atoms with van der Waals surface area (Å²) in [6.07, 6.45) is 0.876. The van der Waals surface area contributed by atoms with Gasteiger partial charge < -0.3 is 25.3 Å². The number of aromatic amines is 1. The third kappa shape index (κ3) is 3.74. The molecule has 0 bridgehead atoms. The van der Waals surface area contributed by atoms with Gasteiger partial charge in [0.1, 0.15) is 5.75 Å². The largest absolute Gasteiger partial charge is 0.506 e. The van der Waals surface area contributed by atoms with Crippen molar-refractivity contribution in [3.05, 3.63) is 74.6 Å². The molecule has 0 aliphatic heterocycles. The van der Waals surface area contributed by atoms with Gasteiger partial charge in [0.05, 0.1) is 18.2 Å². The van der Waals surface area contributed by atoms with E-state index in [9.17, 15) is 15.0 Å². The molecule has 1 atom stereocenters. The number of pyridine rings is 1. The van der Waals surface area contributed by atoms with E-state index >= 15 is 0 Å². The smallest absolute Gasteiger partial charge is 0.248 e. The van der Waals surface area contributed by atoms with Crippen LogP contribution in [-0.2, 0) is 17.6 Å². The molecule has 0 fully saturated rings. The van der Waals surface area contributed by atoms with Gasteiger partial charge in [-0.25, -0.2) is 0 Å². The number of nitrogens with one attached hydrogen (secondary N) is 2. The maximum atomic E-state index is 11.6. The van der Waals surface area contributed by atoms with Crippen molar-refractivity contribution in [3.63, 3.8) is 0 Å². The zero-order valence-electron chi connectivity index (χ0n) is 17.6. The molecular formula is C24H28N2O4. The SMILES string of the molecule is COCC1(NC[C@H](O)c2ccc(O)c3[nH]c(=O)ccc23)Cc2cc(C)c(C)cc2C1. The fourth-order valence-corrected chi connectivity index (χ4v) is 4.58. The number of phenols is 1. The molecule has 4 rings (SSSR count). The van der Waals surface area contributed by atoms with Crippen molar-refractivity contribution < 1.29 is 14.9 Å². The molecule has 4 N–H and O–H groups in total. The third-order valence-electron chi connectivity index (χ3n) is 6.23. The molecule has 0 amide bonds. The number of ether oxygens (including phenoxy) is 1. The number of methoxy groups -OCH3 is 1. The first-order valence-corrected chi connectivity index (χ1v) is 10.2. The molecule has 0 unspecified atom stereocenters. The number of hydrogen-bond acceptors (Lipinski definition) is 5. The second-order valence-electron chi connectivity index (χ2n) is 8.45. The van der Waals surface area contributed by atoms with E-state index in [4.69, 9.17) is 4.74 Å². The number of aryl methyl sites for hydroxylation is 2. The average molecular weight is 408 g/mol. The minimum absolute atomic E-state index is 0.0144. The summed E-state index contributed by atoms with van der Waals surface area (Å²) in [4.78, 5) is 14.3. The molecule has 30 heavy (non-hydrogen) atoms. The van der Waals surface area contributed by atoms with E-state index in [1.807, 2.05) is 0 Å². The molecule has 1 heterocycles. The molecule has 0 radical (unpaired) electrons. The van der Waals surface area contributed by atoms with Gasteiger partial charge in [-0.3, -0.25) is 4.79 Å². The Kier molecular flexibility index (Phi) is 5.40. The van der Waals surface area contributed by atoms with Crippen molar-refractivity contribution in [2.75, 3.05) is 20.3 Å². The number of fused-ring (bicyclic) bond motifs is 2. The molecule has 0 saturated carbocycles. The van der Waals surface area contributed by atoms with Gasteiger partial charge in [0.25, 0.3) is 0 Å². The first-order valence-electron chi connectivity index (χ1n) is 10.2. The third-order valence-corrected chi connectivity index (χ3v) is 6.23. The Bertz CT molecular complexity index is 1120. The van der Waals surface area contributed by atoms with Crippen molar-refractivity contribution >= 4 is 10.9 Å². The normalized spacial score (nSPS) is 16.0. The lowest BCUT2D eigenvalue weighted by Crippen LogP contribution is -2.51. The summed E-state index contributed by atoms with van der Waals surface area (Å²) in [6.45, 7) is 5.12. The zero-order valence-corrected chi connectivity index (χ0v) is 17.6. The number of aliphatic hydroxyl groups excluding tert-OH is 1. The van der Waals surface area contributed by atoms with Crippen LogP contribution >= 0.6 is 0 Å². The molecule has 1 aromatic heterocycles. The van der Waals surface area contributed by atoms with Gasteiger partial charge in [0, 0.05) is 30.6 Å². The van der Waals surface area contributed by atoms with Gasteiger partial charge >= 0.3 is 0 Å². The number of rotatable bonds is 6. The Labute approximate surface area is 175 Å². The van der Waals surface area contributed by atoms with Crippen LogP contribution in [0.5, 0.6) is 5.75 Å². The fourth-order valence-electron chi connectivity index (χ4n) is 4.58. The number of aliphatic hydroxyl groups is 1. The van der Waals surface area contributed by atoms with E-state index in [0.29, 0.717) is 29.6 Å². The summed E-state index contributed by atoms with van der Waals surface area (Å²) in [5.74, 6) is -0.0144. The van der Waals surface area contributed by atoms with Crippen LogP contribution in [0.2, 0.25) is 0 Å². The predicted molar refractivity (Wildman–Crippen MR) is 117 cm³/mol. The van der Waals surface area contributed by atoms with Gasteiger partial charge in [0.2, 0.25) is 5.56 Å². The first-order chi connectivity index (χ1) is 14.3. The molecule has 3 aromatic rings. The van der Waals surface area contributed by atoms with Crippen LogP contribution in [0.1, 0.15) is 33.9 Å². The second-order valence-corrected chi connectivity index (χ2v) is 8.45. The first kappa shape index (κ1) is 20.6. The molecule has 0 saturated heterocycles. The number of H-pyrrole nitrogens is 1. The Balaban J connectivity index is 1.58. The Morgan fingerprint density at radius 2 is 1.80 bits per heavy atom. The van der Waals surface area contributed by atoms with E-state index in [2.05, 4.69) is 36.3 Å². The van der Waals surface area contributed by atoms with Gasteiger partial charge in [-0.15, -0.1) is 0 Å². The van der Waals surface area contributed by atoms with Crippen molar-refractivity contribution in [3.8, 4) is 5.75 Å². The van der Waals surface area contributed by atoms with E-state index in [-0.39, 0.29) is 16.8 Å². The van der Waals surface area contributed by atoms with Crippen molar-refractivity contribution in [2.45, 2.75) is 38.3 Å². The van der Waals surface area contributed by atoms with Gasteiger partial charge in [-0.2, -0.15) is 0 Å². The molecule has 1 aliphatic rings. The molecule has 0 spiro atoms. The monoisotopic (exact) mass is 408 g/mol. The Hall–Kier alpha value is -2.67. The van der Waals surface area contributed by atoms with Crippen molar-refractivity contribution in [2.24, 2.45) is 0 Å². The topological polar surface area (TPSA) is 94.6 Å². The number of aromatic hydroxyl groups is 1. The van der Waals surface area contributed by atoms with Gasteiger partial charge in [-0.1, -0.05) is 18.2 Å². The highest BCUT2D eigenvalue weighted by Crippen LogP contribution is 2.34. The van der Waals surface area contributed by atoms with Gasteiger partial charge in [-0.05, 0) is 66.6 Å². The number of aromatic nitrogens is 1. The molecule has 1 aliphatic carbocycles. The number of phenolic OH excluding ortho intramolecular Hbond substituents is 1. The van der Waals surface area contributed by atoms with Crippen LogP contribution in [0.3, 0.4) is 0 Å². The van der Waals surface area contributed by atoms with Crippen LogP contribution in [0.25, 0.3) is 10.9 Å². The lowest BCUT2D eigenvalue weighted by Gasteiger charge is -2.31. The standard InChI is InChI=1S/C24H28N2O4/c1-14-8-16-10-24(13-30-3,11-17(16)9-15(14)2)25-12-21(28)18-4-6-20(27)23-19(18)5-7-22(29)26-23/h4-9,21,25,27-28H,10-13H2,1-3H3,(H,26,29)/t21-/m0/s1. The second kappa shape index (κ2) is 7.87. The number of β-amino-alcohol motifs (C(OH)–C–C–N with tert-alkyl or cyclic N) is 1. The molecule has 158 valence electrons. The van der Waals surface area contributed by atoms with Crippen molar-refractivity contribution in [1.29, 1.82) is 0 Å². The van der Waals surface area contributed by atoms with E-state index in [1.54, 1.807) is 19.2 Å². The summed E-state index contributed by atoms with van der Waals surface area (Å²) in [5.41, 5.74) is 5.63. The minimum atomic E-state index is -0.806. The maximum absolute atomic E-state index is 11.6.